The van der Waals surface area contributed by atoms with Crippen molar-refractivity contribution in [1.82, 2.24) is 4.90 Å². The van der Waals surface area contributed by atoms with Crippen molar-refractivity contribution in [2.24, 2.45) is 16.8 Å². The number of oxime groups is 1. The predicted octanol–water partition coefficient (Wildman–Crippen LogP) is -0.0364. The Balaban J connectivity index is 2.16. The SMILES string of the molecule is NC(=O)OC1/C(=N/O)C2CCN1CC2. The lowest BCUT2D eigenvalue weighted by Gasteiger charge is -2.44. The van der Waals surface area contributed by atoms with Gasteiger partial charge in [0.15, 0.2) is 0 Å². The molecule has 0 aromatic heterocycles. The van der Waals surface area contributed by atoms with Crippen molar-refractivity contribution in [2.75, 3.05) is 13.1 Å². The van der Waals surface area contributed by atoms with Crippen LogP contribution in [-0.2, 0) is 4.74 Å². The van der Waals surface area contributed by atoms with Crippen LogP contribution in [0.5, 0.6) is 0 Å². The molecule has 0 saturated carbocycles. The largest absolute Gasteiger partial charge is 0.425 e. The van der Waals surface area contributed by atoms with Crippen LogP contribution >= 0.6 is 0 Å². The molecule has 0 aliphatic carbocycles. The number of amides is 1. The maximum absolute atomic E-state index is 10.6. The summed E-state index contributed by atoms with van der Waals surface area (Å²) in [5.41, 5.74) is 5.48. The van der Waals surface area contributed by atoms with Gasteiger partial charge in [-0.1, -0.05) is 5.16 Å². The number of nitrogens with zero attached hydrogens (tertiary/aromatic N) is 2. The van der Waals surface area contributed by atoms with Gasteiger partial charge in [0.25, 0.3) is 0 Å². The number of rotatable bonds is 1. The number of ether oxygens (including phenoxy) is 1. The fraction of sp³-hybridized carbons (Fsp3) is 0.750. The van der Waals surface area contributed by atoms with Crippen LogP contribution in [0.25, 0.3) is 0 Å². The maximum atomic E-state index is 10.6. The van der Waals surface area contributed by atoms with E-state index in [0.717, 1.165) is 25.9 Å². The molecule has 3 heterocycles. The van der Waals surface area contributed by atoms with E-state index in [1.165, 1.54) is 0 Å². The minimum Gasteiger partial charge on any atom is -0.425 e. The van der Waals surface area contributed by atoms with Crippen LogP contribution in [0.2, 0.25) is 0 Å². The lowest BCUT2D eigenvalue weighted by atomic mass is 9.85. The van der Waals surface area contributed by atoms with Crippen molar-refractivity contribution >= 4 is 11.8 Å². The Bertz CT molecular complexity index is 271. The first-order valence-corrected chi connectivity index (χ1v) is 4.64. The third kappa shape index (κ3) is 1.41. The summed E-state index contributed by atoms with van der Waals surface area (Å²) in [6.07, 6.45) is 0.532. The maximum Gasteiger partial charge on any atom is 0.406 e. The monoisotopic (exact) mass is 199 g/mol. The second-order valence-corrected chi connectivity index (χ2v) is 3.62. The average molecular weight is 199 g/mol. The quantitative estimate of drug-likeness (QED) is 0.458. The van der Waals surface area contributed by atoms with Crippen molar-refractivity contribution in [1.29, 1.82) is 0 Å². The smallest absolute Gasteiger partial charge is 0.406 e. The highest BCUT2D eigenvalue weighted by Crippen LogP contribution is 2.30. The third-order valence-electron chi connectivity index (χ3n) is 2.88. The second kappa shape index (κ2) is 3.45. The standard InChI is InChI=1S/C8H13N3O3/c9-8(12)14-7-6(10-13)5-1-3-11(7)4-2-5/h5,7,13H,1-4H2,(H2,9,12)/b10-6+. The summed E-state index contributed by atoms with van der Waals surface area (Å²) < 4.78 is 4.90. The fourth-order valence-electron chi connectivity index (χ4n) is 2.19. The van der Waals surface area contributed by atoms with Crippen LogP contribution in [0.4, 0.5) is 4.79 Å². The van der Waals surface area contributed by atoms with Crippen LogP contribution in [0.15, 0.2) is 5.16 Å². The molecule has 0 radical (unpaired) electrons. The molecular weight excluding hydrogens is 186 g/mol. The fourth-order valence-corrected chi connectivity index (χ4v) is 2.19. The Hall–Kier alpha value is -1.30. The van der Waals surface area contributed by atoms with Gasteiger partial charge in [0.1, 0.15) is 5.71 Å². The number of primary amides is 1. The highest BCUT2D eigenvalue weighted by atomic mass is 16.6. The minimum absolute atomic E-state index is 0.231. The Morgan fingerprint density at radius 2 is 2.21 bits per heavy atom. The molecular formula is C8H13N3O3. The number of hydrogen-bond donors (Lipinski definition) is 2. The van der Waals surface area contributed by atoms with E-state index in [-0.39, 0.29) is 5.92 Å². The van der Waals surface area contributed by atoms with Gasteiger partial charge in [0, 0.05) is 19.0 Å². The Morgan fingerprint density at radius 1 is 1.57 bits per heavy atom. The lowest BCUT2D eigenvalue weighted by molar-refractivity contribution is -0.00683. The molecule has 3 rings (SSSR count). The van der Waals surface area contributed by atoms with Crippen LogP contribution in [0, 0.1) is 5.92 Å². The number of nitrogens with two attached hydrogens (primary N) is 1. The van der Waals surface area contributed by atoms with Gasteiger partial charge in [-0.25, -0.2) is 4.79 Å². The molecule has 3 fully saturated rings. The summed E-state index contributed by atoms with van der Waals surface area (Å²) in [5.74, 6) is 0.231. The van der Waals surface area contributed by atoms with Gasteiger partial charge in [-0.05, 0) is 12.8 Å². The van der Waals surface area contributed by atoms with E-state index in [0.29, 0.717) is 5.71 Å². The molecule has 78 valence electrons. The van der Waals surface area contributed by atoms with Gasteiger partial charge in [-0.2, -0.15) is 0 Å². The zero-order valence-electron chi connectivity index (χ0n) is 7.72. The van der Waals surface area contributed by atoms with Crippen LogP contribution in [0.1, 0.15) is 12.8 Å². The normalized spacial score (nSPS) is 38.6. The highest BCUT2D eigenvalue weighted by Gasteiger charge is 2.41. The van der Waals surface area contributed by atoms with Gasteiger partial charge in [0.2, 0.25) is 6.23 Å². The van der Waals surface area contributed by atoms with Gasteiger partial charge in [-0.3, -0.25) is 4.90 Å². The second-order valence-electron chi connectivity index (χ2n) is 3.62. The van der Waals surface area contributed by atoms with Crippen molar-refractivity contribution in [3.63, 3.8) is 0 Å². The third-order valence-corrected chi connectivity index (χ3v) is 2.88. The molecule has 6 heteroatoms. The number of hydrogen-bond acceptors (Lipinski definition) is 5. The van der Waals surface area contributed by atoms with E-state index in [9.17, 15) is 4.79 Å². The predicted molar refractivity (Wildman–Crippen MR) is 48.0 cm³/mol. The summed E-state index contributed by atoms with van der Waals surface area (Å²) in [7, 11) is 0. The number of piperidine rings is 3. The molecule has 6 nitrogen and oxygen atoms in total. The Kier molecular flexibility index (Phi) is 2.28. The molecule has 3 N–H and O–H groups in total. The van der Waals surface area contributed by atoms with Gasteiger partial charge >= 0.3 is 6.09 Å². The van der Waals surface area contributed by atoms with E-state index < -0.39 is 12.3 Å². The molecule has 1 amide bonds. The van der Waals surface area contributed by atoms with E-state index in [2.05, 4.69) is 5.16 Å². The van der Waals surface area contributed by atoms with Gasteiger partial charge < -0.3 is 15.7 Å². The topological polar surface area (TPSA) is 88.2 Å². The molecule has 0 aromatic rings. The molecule has 14 heavy (non-hydrogen) atoms. The van der Waals surface area contributed by atoms with E-state index in [1.807, 2.05) is 4.90 Å². The molecule has 3 aliphatic heterocycles. The number of fused-ring (bicyclic) bond motifs is 3. The summed E-state index contributed by atoms with van der Waals surface area (Å²) in [6.45, 7) is 1.73. The van der Waals surface area contributed by atoms with E-state index >= 15 is 0 Å². The zero-order valence-corrected chi connectivity index (χ0v) is 7.72. The van der Waals surface area contributed by atoms with Crippen LogP contribution in [-0.4, -0.2) is 41.2 Å². The van der Waals surface area contributed by atoms with Crippen molar-refractivity contribution in [3.05, 3.63) is 0 Å². The Labute approximate surface area is 81.3 Å². The van der Waals surface area contributed by atoms with E-state index in [1.54, 1.807) is 0 Å². The van der Waals surface area contributed by atoms with Crippen molar-refractivity contribution < 1.29 is 14.7 Å². The molecule has 0 spiro atoms. The molecule has 1 unspecified atom stereocenters. The zero-order chi connectivity index (χ0) is 10.1. The van der Waals surface area contributed by atoms with Crippen molar-refractivity contribution in [3.8, 4) is 0 Å². The van der Waals surface area contributed by atoms with Crippen molar-refractivity contribution in [2.45, 2.75) is 19.1 Å². The molecule has 3 aliphatic rings. The molecule has 1 atom stereocenters. The lowest BCUT2D eigenvalue weighted by Crippen LogP contribution is -2.57. The summed E-state index contributed by atoms with van der Waals surface area (Å²) in [5, 5.41) is 12.0. The van der Waals surface area contributed by atoms with Gasteiger partial charge in [-0.15, -0.1) is 0 Å². The average Bonchev–Trinajstić information content (AvgIpc) is 2.18. The minimum atomic E-state index is -0.830. The Morgan fingerprint density at radius 3 is 2.71 bits per heavy atom. The number of carbonyl (C=O) groups excluding carboxylic acids is 1. The van der Waals surface area contributed by atoms with Gasteiger partial charge in [0.05, 0.1) is 0 Å². The highest BCUT2D eigenvalue weighted by molar-refractivity contribution is 5.92. The summed E-state index contributed by atoms with van der Waals surface area (Å²) >= 11 is 0. The molecule has 3 saturated heterocycles. The summed E-state index contributed by atoms with van der Waals surface area (Å²) in [4.78, 5) is 12.6. The van der Waals surface area contributed by atoms with Crippen LogP contribution < -0.4 is 5.73 Å². The van der Waals surface area contributed by atoms with E-state index in [4.69, 9.17) is 15.7 Å². The summed E-state index contributed by atoms with van der Waals surface area (Å²) in [6, 6.07) is 0. The first-order valence-electron chi connectivity index (χ1n) is 4.64. The first-order chi connectivity index (χ1) is 6.72. The van der Waals surface area contributed by atoms with Crippen LogP contribution in [0.3, 0.4) is 0 Å². The molecule has 2 bridgehead atoms. The molecule has 0 aromatic carbocycles. The first kappa shape index (κ1) is 9.26. The number of carbonyl (C=O) groups is 1.